The summed E-state index contributed by atoms with van der Waals surface area (Å²) in [5.74, 6) is 0.719. The second-order valence-corrected chi connectivity index (χ2v) is 7.48. The minimum Gasteiger partial charge on any atom is -0.465 e. The third-order valence-electron chi connectivity index (χ3n) is 4.92. The Balaban J connectivity index is 1.74. The number of hydrogen-bond donors (Lipinski definition) is 0. The lowest BCUT2D eigenvalue weighted by Crippen LogP contribution is -2.11. The Morgan fingerprint density at radius 1 is 1.08 bits per heavy atom. The number of esters is 1. The summed E-state index contributed by atoms with van der Waals surface area (Å²) in [5.41, 5.74) is 6.05. The van der Waals surface area contributed by atoms with Crippen molar-refractivity contribution in [1.29, 1.82) is 0 Å². The highest BCUT2D eigenvalue weighted by molar-refractivity contribution is 5.71. The average Bonchev–Trinajstić information content (AvgIpc) is 2.59. The molecule has 0 aliphatic carbocycles. The van der Waals surface area contributed by atoms with Crippen LogP contribution in [0.3, 0.4) is 0 Å². The van der Waals surface area contributed by atoms with E-state index in [1.807, 2.05) is 18.3 Å². The molecule has 0 bridgehead atoms. The van der Waals surface area contributed by atoms with Gasteiger partial charge in [-0.2, -0.15) is 0 Å². The fourth-order valence-electron chi connectivity index (χ4n) is 3.41. The molecule has 0 aliphatic heterocycles. The highest BCUT2D eigenvalue weighted by Crippen LogP contribution is 2.27. The van der Waals surface area contributed by atoms with Gasteiger partial charge in [-0.05, 0) is 66.8 Å². The van der Waals surface area contributed by atoms with Gasteiger partial charge in [-0.3, -0.25) is 9.78 Å². The maximum atomic E-state index is 12.0. The maximum absolute atomic E-state index is 12.0. The molecule has 26 heavy (non-hydrogen) atoms. The first-order valence-electron chi connectivity index (χ1n) is 9.55. The second kappa shape index (κ2) is 9.51. The van der Waals surface area contributed by atoms with Crippen LogP contribution in [0.5, 0.6) is 0 Å². The molecule has 1 aromatic carbocycles. The molecule has 0 amide bonds. The number of hydrogen-bond acceptors (Lipinski definition) is 3. The molecule has 1 aromatic heterocycles. The van der Waals surface area contributed by atoms with Crippen LogP contribution in [0.15, 0.2) is 36.5 Å². The van der Waals surface area contributed by atoms with Crippen molar-refractivity contribution in [2.75, 3.05) is 6.61 Å². The van der Waals surface area contributed by atoms with Gasteiger partial charge >= 0.3 is 5.97 Å². The minimum atomic E-state index is -0.200. The number of nitrogens with zero attached hydrogens (tertiary/aromatic N) is 1. The summed E-state index contributed by atoms with van der Waals surface area (Å²) in [4.78, 5) is 16.3. The van der Waals surface area contributed by atoms with Crippen molar-refractivity contribution in [3.63, 3.8) is 0 Å². The smallest absolute Gasteiger partial charge is 0.311 e. The topological polar surface area (TPSA) is 39.2 Å². The molecule has 1 heterocycles. The van der Waals surface area contributed by atoms with Gasteiger partial charge in [0.2, 0.25) is 0 Å². The van der Waals surface area contributed by atoms with Gasteiger partial charge in [0, 0.05) is 6.20 Å². The molecular formula is C23H31NO2. The van der Waals surface area contributed by atoms with E-state index in [-0.39, 0.29) is 12.4 Å². The van der Waals surface area contributed by atoms with E-state index < -0.39 is 0 Å². The van der Waals surface area contributed by atoms with E-state index >= 15 is 0 Å². The number of aryl methyl sites for hydroxylation is 2. The summed E-state index contributed by atoms with van der Waals surface area (Å²) in [7, 11) is 0. The van der Waals surface area contributed by atoms with Crippen LogP contribution in [0.1, 0.15) is 73.4 Å². The van der Waals surface area contributed by atoms with E-state index in [1.165, 1.54) is 22.3 Å². The van der Waals surface area contributed by atoms with Gasteiger partial charge in [0.25, 0.3) is 0 Å². The first-order valence-corrected chi connectivity index (χ1v) is 9.55. The molecule has 2 aromatic rings. The third-order valence-corrected chi connectivity index (χ3v) is 4.92. The van der Waals surface area contributed by atoms with Crippen molar-refractivity contribution in [3.8, 4) is 0 Å². The van der Waals surface area contributed by atoms with E-state index in [2.05, 4.69) is 57.8 Å². The molecule has 0 saturated heterocycles. The van der Waals surface area contributed by atoms with Crippen molar-refractivity contribution in [1.82, 2.24) is 4.98 Å². The molecular weight excluding hydrogens is 322 g/mol. The zero-order valence-corrected chi connectivity index (χ0v) is 16.7. The Labute approximate surface area is 157 Å². The van der Waals surface area contributed by atoms with Crippen molar-refractivity contribution < 1.29 is 9.53 Å². The molecule has 140 valence electrons. The van der Waals surface area contributed by atoms with Crippen LogP contribution in [0.4, 0.5) is 0 Å². The van der Waals surface area contributed by atoms with E-state index in [1.54, 1.807) is 0 Å². The van der Waals surface area contributed by atoms with Gasteiger partial charge in [0.1, 0.15) is 0 Å². The number of benzene rings is 1. The summed E-state index contributed by atoms with van der Waals surface area (Å²) >= 11 is 0. The SMILES string of the molecule is Cc1cccc(C)c1C(C)CCCOC(=O)Cc1ccc(C(C)C)cn1. The minimum absolute atomic E-state index is 0.200. The zero-order valence-electron chi connectivity index (χ0n) is 16.7. The van der Waals surface area contributed by atoms with Crippen LogP contribution in [-0.2, 0) is 16.0 Å². The Morgan fingerprint density at radius 3 is 2.35 bits per heavy atom. The first-order chi connectivity index (χ1) is 12.4. The van der Waals surface area contributed by atoms with Crippen LogP contribution in [-0.4, -0.2) is 17.6 Å². The fourth-order valence-corrected chi connectivity index (χ4v) is 3.41. The summed E-state index contributed by atoms with van der Waals surface area (Å²) in [5, 5.41) is 0. The second-order valence-electron chi connectivity index (χ2n) is 7.48. The molecule has 0 saturated carbocycles. The Morgan fingerprint density at radius 2 is 1.77 bits per heavy atom. The highest BCUT2D eigenvalue weighted by Gasteiger charge is 2.12. The lowest BCUT2D eigenvalue weighted by atomic mass is 9.89. The van der Waals surface area contributed by atoms with Crippen molar-refractivity contribution >= 4 is 5.97 Å². The van der Waals surface area contributed by atoms with Gasteiger partial charge in [-0.15, -0.1) is 0 Å². The standard InChI is InChI=1S/C23H31NO2/c1-16(2)20-11-12-21(24-15-20)14-22(25)26-13-7-10-19(5)23-17(3)8-6-9-18(23)4/h6,8-9,11-12,15-16,19H,7,10,13-14H2,1-5H3. The molecule has 1 atom stereocenters. The number of ether oxygens (including phenoxy) is 1. The zero-order chi connectivity index (χ0) is 19.1. The summed E-state index contributed by atoms with van der Waals surface area (Å²) in [6, 6.07) is 10.4. The quantitative estimate of drug-likeness (QED) is 0.465. The monoisotopic (exact) mass is 353 g/mol. The normalized spacial score (nSPS) is 12.2. The lowest BCUT2D eigenvalue weighted by Gasteiger charge is -2.17. The van der Waals surface area contributed by atoms with Gasteiger partial charge in [-0.25, -0.2) is 0 Å². The van der Waals surface area contributed by atoms with Gasteiger partial charge in [-0.1, -0.05) is 45.0 Å². The molecule has 0 radical (unpaired) electrons. The van der Waals surface area contributed by atoms with Crippen LogP contribution in [0.2, 0.25) is 0 Å². The lowest BCUT2D eigenvalue weighted by molar-refractivity contribution is -0.143. The fraction of sp³-hybridized carbons (Fsp3) is 0.478. The largest absolute Gasteiger partial charge is 0.465 e. The average molecular weight is 354 g/mol. The number of carbonyl (C=O) groups is 1. The summed E-state index contributed by atoms with van der Waals surface area (Å²) < 4.78 is 5.39. The number of pyridine rings is 1. The molecule has 1 unspecified atom stereocenters. The number of carbonyl (C=O) groups excluding carboxylic acids is 1. The van der Waals surface area contributed by atoms with E-state index in [0.717, 1.165) is 18.5 Å². The van der Waals surface area contributed by atoms with Crippen molar-refractivity contribution in [2.24, 2.45) is 0 Å². The molecule has 3 heteroatoms. The number of rotatable bonds is 8. The van der Waals surface area contributed by atoms with Gasteiger partial charge in [0.05, 0.1) is 18.7 Å². The molecule has 0 spiro atoms. The van der Waals surface area contributed by atoms with E-state index in [9.17, 15) is 4.79 Å². The summed E-state index contributed by atoms with van der Waals surface area (Å²) in [6.45, 7) is 11.3. The number of aromatic nitrogens is 1. The predicted molar refractivity (Wildman–Crippen MR) is 107 cm³/mol. The van der Waals surface area contributed by atoms with E-state index in [4.69, 9.17) is 4.74 Å². The Bertz CT molecular complexity index is 699. The molecule has 0 N–H and O–H groups in total. The summed E-state index contributed by atoms with van der Waals surface area (Å²) in [6.07, 6.45) is 3.98. The molecule has 0 fully saturated rings. The van der Waals surface area contributed by atoms with Crippen molar-refractivity contribution in [2.45, 2.75) is 65.7 Å². The Kier molecular flexibility index (Phi) is 7.38. The van der Waals surface area contributed by atoms with Crippen LogP contribution in [0, 0.1) is 13.8 Å². The van der Waals surface area contributed by atoms with Gasteiger partial charge in [0.15, 0.2) is 0 Å². The van der Waals surface area contributed by atoms with Crippen molar-refractivity contribution in [3.05, 3.63) is 64.5 Å². The van der Waals surface area contributed by atoms with Crippen LogP contribution < -0.4 is 0 Å². The third kappa shape index (κ3) is 5.69. The van der Waals surface area contributed by atoms with E-state index in [0.29, 0.717) is 18.4 Å². The molecule has 3 nitrogen and oxygen atoms in total. The molecule has 2 rings (SSSR count). The Hall–Kier alpha value is -2.16. The molecule has 0 aliphatic rings. The van der Waals surface area contributed by atoms with Crippen LogP contribution in [0.25, 0.3) is 0 Å². The maximum Gasteiger partial charge on any atom is 0.311 e. The van der Waals surface area contributed by atoms with Crippen LogP contribution >= 0.6 is 0 Å². The first kappa shape index (κ1) is 20.2. The highest BCUT2D eigenvalue weighted by atomic mass is 16.5. The van der Waals surface area contributed by atoms with Gasteiger partial charge < -0.3 is 4.74 Å². The predicted octanol–water partition coefficient (Wildman–Crippen LogP) is 5.49.